The first-order chi connectivity index (χ1) is 13.5. The van der Waals surface area contributed by atoms with Crippen molar-refractivity contribution in [1.82, 2.24) is 14.1 Å². The van der Waals surface area contributed by atoms with Gasteiger partial charge in [0.2, 0.25) is 0 Å². The molecule has 146 valence electrons. The van der Waals surface area contributed by atoms with Crippen LogP contribution in [0.1, 0.15) is 21.7 Å². The SMILES string of the molecule is Cc1cc(C(=O)CSc2nccn2C)c(C)n1C[C@@H]1COc2ccccc2O1. The second-order valence-corrected chi connectivity index (χ2v) is 7.87. The number of carbonyl (C=O) groups excluding carboxylic acids is 1. The highest BCUT2D eigenvalue weighted by Crippen LogP contribution is 2.31. The van der Waals surface area contributed by atoms with E-state index in [9.17, 15) is 4.79 Å². The van der Waals surface area contributed by atoms with Crippen molar-refractivity contribution in [1.29, 1.82) is 0 Å². The maximum Gasteiger partial charge on any atom is 0.175 e. The lowest BCUT2D eigenvalue weighted by atomic mass is 10.2. The van der Waals surface area contributed by atoms with Gasteiger partial charge < -0.3 is 18.6 Å². The molecule has 0 saturated carbocycles. The summed E-state index contributed by atoms with van der Waals surface area (Å²) in [4.78, 5) is 17.0. The number of fused-ring (bicyclic) bond motifs is 1. The Labute approximate surface area is 168 Å². The minimum absolute atomic E-state index is 0.0930. The number of ketones is 1. The minimum Gasteiger partial charge on any atom is -0.486 e. The van der Waals surface area contributed by atoms with Crippen molar-refractivity contribution in [2.75, 3.05) is 12.4 Å². The van der Waals surface area contributed by atoms with E-state index in [0.717, 1.165) is 33.6 Å². The summed E-state index contributed by atoms with van der Waals surface area (Å²) in [6.45, 7) is 5.15. The van der Waals surface area contributed by atoms with Crippen molar-refractivity contribution < 1.29 is 14.3 Å². The molecule has 0 bridgehead atoms. The number of aromatic nitrogens is 3. The van der Waals surface area contributed by atoms with Gasteiger partial charge in [-0.15, -0.1) is 0 Å². The third kappa shape index (κ3) is 3.67. The zero-order valence-corrected chi connectivity index (χ0v) is 17.0. The summed E-state index contributed by atoms with van der Waals surface area (Å²) >= 11 is 1.46. The molecule has 28 heavy (non-hydrogen) atoms. The Bertz CT molecular complexity index is 1010. The number of Topliss-reactive ketones (excluding diaryl/α,β-unsaturated/α-hetero) is 1. The number of benzene rings is 1. The summed E-state index contributed by atoms with van der Waals surface area (Å²) in [5.41, 5.74) is 2.77. The molecule has 0 unspecified atom stereocenters. The van der Waals surface area contributed by atoms with Crippen LogP contribution in [0.25, 0.3) is 0 Å². The number of para-hydroxylation sites is 2. The number of imidazole rings is 1. The average Bonchev–Trinajstić information content (AvgIpc) is 3.23. The summed E-state index contributed by atoms with van der Waals surface area (Å²) in [5.74, 6) is 2.02. The third-order valence-corrected chi connectivity index (χ3v) is 6.00. The van der Waals surface area contributed by atoms with Crippen molar-refractivity contribution in [2.45, 2.75) is 31.7 Å². The van der Waals surface area contributed by atoms with Crippen molar-refractivity contribution in [3.8, 4) is 11.5 Å². The van der Waals surface area contributed by atoms with Gasteiger partial charge in [-0.1, -0.05) is 23.9 Å². The lowest BCUT2D eigenvalue weighted by molar-refractivity contribution is 0.0777. The summed E-state index contributed by atoms with van der Waals surface area (Å²) in [5, 5.41) is 0.841. The highest BCUT2D eigenvalue weighted by molar-refractivity contribution is 7.99. The van der Waals surface area contributed by atoms with Crippen molar-refractivity contribution >= 4 is 17.5 Å². The van der Waals surface area contributed by atoms with E-state index < -0.39 is 0 Å². The van der Waals surface area contributed by atoms with Gasteiger partial charge in [0.05, 0.1) is 12.3 Å². The van der Waals surface area contributed by atoms with E-state index in [1.54, 1.807) is 6.20 Å². The van der Waals surface area contributed by atoms with E-state index in [2.05, 4.69) is 9.55 Å². The molecule has 1 aromatic carbocycles. The van der Waals surface area contributed by atoms with E-state index in [0.29, 0.717) is 18.9 Å². The second-order valence-electron chi connectivity index (χ2n) is 6.93. The highest BCUT2D eigenvalue weighted by atomic mass is 32.2. The number of hydrogen-bond acceptors (Lipinski definition) is 5. The topological polar surface area (TPSA) is 58.3 Å². The van der Waals surface area contributed by atoms with Gasteiger partial charge in [-0.05, 0) is 32.0 Å². The van der Waals surface area contributed by atoms with Crippen molar-refractivity contribution in [3.05, 3.63) is 59.7 Å². The predicted molar refractivity (Wildman–Crippen MR) is 109 cm³/mol. The summed E-state index contributed by atoms with van der Waals surface area (Å²) in [6.07, 6.45) is 3.52. The van der Waals surface area contributed by atoms with Crippen LogP contribution in [0.5, 0.6) is 11.5 Å². The number of carbonyl (C=O) groups is 1. The molecule has 0 fully saturated rings. The van der Waals surface area contributed by atoms with Crippen LogP contribution < -0.4 is 9.47 Å². The number of nitrogens with zero attached hydrogens (tertiary/aromatic N) is 3. The number of hydrogen-bond donors (Lipinski definition) is 0. The van der Waals surface area contributed by atoms with Gasteiger partial charge in [0.1, 0.15) is 6.61 Å². The molecular weight excluding hydrogens is 374 g/mol. The molecule has 3 aromatic rings. The Hall–Kier alpha value is -2.67. The fraction of sp³-hybridized carbons (Fsp3) is 0.333. The van der Waals surface area contributed by atoms with Gasteiger partial charge in [0, 0.05) is 36.4 Å². The molecule has 2 aromatic heterocycles. The standard InChI is InChI=1S/C21H23N3O3S/c1-14-10-17(18(25)13-28-21-22-8-9-23(21)3)15(2)24(14)11-16-12-26-19-6-4-5-7-20(19)27-16/h4-10,16H,11-13H2,1-3H3/t16-/m1/s1. The van der Waals surface area contributed by atoms with Gasteiger partial charge in [-0.3, -0.25) is 4.79 Å². The van der Waals surface area contributed by atoms with E-state index in [1.165, 1.54) is 11.8 Å². The van der Waals surface area contributed by atoms with E-state index in [-0.39, 0.29) is 11.9 Å². The van der Waals surface area contributed by atoms with Gasteiger partial charge >= 0.3 is 0 Å². The summed E-state index contributed by atoms with van der Waals surface area (Å²) in [7, 11) is 1.93. The third-order valence-electron chi connectivity index (χ3n) is 4.94. The predicted octanol–water partition coefficient (Wildman–Crippen LogP) is 3.65. The smallest absolute Gasteiger partial charge is 0.175 e. The largest absolute Gasteiger partial charge is 0.486 e. The zero-order chi connectivity index (χ0) is 19.7. The number of ether oxygens (including phenoxy) is 2. The second kappa shape index (κ2) is 7.75. The van der Waals surface area contributed by atoms with E-state index >= 15 is 0 Å². The summed E-state index contributed by atoms with van der Waals surface area (Å²) in [6, 6.07) is 9.67. The molecule has 4 rings (SSSR count). The quantitative estimate of drug-likeness (QED) is 0.469. The highest BCUT2D eigenvalue weighted by Gasteiger charge is 2.24. The molecular formula is C21H23N3O3S. The molecule has 1 atom stereocenters. The summed E-state index contributed by atoms with van der Waals surface area (Å²) < 4.78 is 16.0. The molecule has 6 nitrogen and oxygen atoms in total. The maximum absolute atomic E-state index is 12.8. The van der Waals surface area contributed by atoms with Crippen LogP contribution >= 0.6 is 11.8 Å². The van der Waals surface area contributed by atoms with Crippen LogP contribution in [-0.2, 0) is 13.6 Å². The lowest BCUT2D eigenvalue weighted by Crippen LogP contribution is -2.33. The molecule has 0 saturated heterocycles. The molecule has 3 heterocycles. The monoisotopic (exact) mass is 397 g/mol. The number of aryl methyl sites for hydroxylation is 2. The lowest BCUT2D eigenvalue weighted by Gasteiger charge is -2.27. The normalized spacial score (nSPS) is 15.6. The number of rotatable bonds is 6. The van der Waals surface area contributed by atoms with Crippen molar-refractivity contribution in [2.24, 2.45) is 7.05 Å². The first-order valence-corrected chi connectivity index (χ1v) is 10.2. The first-order valence-electron chi connectivity index (χ1n) is 9.21. The maximum atomic E-state index is 12.8. The minimum atomic E-state index is -0.0930. The Morgan fingerprint density at radius 1 is 1.29 bits per heavy atom. The van der Waals surface area contributed by atoms with Crippen LogP contribution in [0, 0.1) is 13.8 Å². The molecule has 7 heteroatoms. The fourth-order valence-corrected chi connectivity index (χ4v) is 4.24. The Kier molecular flexibility index (Phi) is 5.17. The Balaban J connectivity index is 1.45. The van der Waals surface area contributed by atoms with Crippen molar-refractivity contribution in [3.63, 3.8) is 0 Å². The van der Waals surface area contributed by atoms with Gasteiger partial charge in [0.25, 0.3) is 0 Å². The van der Waals surface area contributed by atoms with E-state index in [1.807, 2.05) is 62.0 Å². The molecule has 0 radical (unpaired) electrons. The van der Waals surface area contributed by atoms with Gasteiger partial charge in [-0.2, -0.15) is 0 Å². The molecule has 1 aliphatic rings. The van der Waals surface area contributed by atoms with Crippen LogP contribution in [-0.4, -0.2) is 38.4 Å². The van der Waals surface area contributed by atoms with Crippen LogP contribution in [0.4, 0.5) is 0 Å². The molecule has 0 amide bonds. The van der Waals surface area contributed by atoms with Crippen LogP contribution in [0.15, 0.2) is 47.9 Å². The van der Waals surface area contributed by atoms with Gasteiger partial charge in [-0.25, -0.2) is 4.98 Å². The van der Waals surface area contributed by atoms with Crippen LogP contribution in [0.3, 0.4) is 0 Å². The van der Waals surface area contributed by atoms with Gasteiger partial charge in [0.15, 0.2) is 28.5 Å². The Morgan fingerprint density at radius 3 is 2.82 bits per heavy atom. The zero-order valence-electron chi connectivity index (χ0n) is 16.2. The Morgan fingerprint density at radius 2 is 2.07 bits per heavy atom. The molecule has 0 aliphatic carbocycles. The fourth-order valence-electron chi connectivity index (χ4n) is 3.42. The average molecular weight is 398 g/mol. The van der Waals surface area contributed by atoms with Crippen LogP contribution in [0.2, 0.25) is 0 Å². The first kappa shape index (κ1) is 18.7. The molecule has 1 aliphatic heterocycles. The van der Waals surface area contributed by atoms with E-state index in [4.69, 9.17) is 9.47 Å². The molecule has 0 N–H and O–H groups in total. The molecule has 0 spiro atoms. The number of thioether (sulfide) groups is 1.